The van der Waals surface area contributed by atoms with Gasteiger partial charge in [-0.3, -0.25) is 19.6 Å². The number of benzene rings is 1. The fourth-order valence-corrected chi connectivity index (χ4v) is 4.44. The van der Waals surface area contributed by atoms with Crippen molar-refractivity contribution in [1.29, 1.82) is 0 Å². The maximum absolute atomic E-state index is 12.9. The number of carbonyl (C=O) groups is 1. The Hall–Kier alpha value is -3.14. The van der Waals surface area contributed by atoms with Crippen LogP contribution in [0.1, 0.15) is 48.3 Å². The second-order valence-corrected chi connectivity index (χ2v) is 9.29. The van der Waals surface area contributed by atoms with E-state index in [9.17, 15) is 9.90 Å². The van der Waals surface area contributed by atoms with E-state index in [4.69, 9.17) is 27.9 Å². The van der Waals surface area contributed by atoms with Gasteiger partial charge in [0, 0.05) is 36.1 Å². The first-order chi connectivity index (χ1) is 16.3. The van der Waals surface area contributed by atoms with Crippen molar-refractivity contribution < 1.29 is 14.6 Å². The fraction of sp³-hybridized carbons (Fsp3) is 0.304. The number of anilines is 1. The van der Waals surface area contributed by atoms with E-state index < -0.39 is 11.7 Å². The number of rotatable bonds is 8. The van der Waals surface area contributed by atoms with Crippen LogP contribution in [0.5, 0.6) is 5.75 Å². The maximum atomic E-state index is 12.9. The van der Waals surface area contributed by atoms with Crippen LogP contribution in [0.3, 0.4) is 0 Å². The number of hydrogen-bond donors (Lipinski definition) is 3. The zero-order valence-corrected chi connectivity index (χ0v) is 19.8. The first kappa shape index (κ1) is 22.6. The van der Waals surface area contributed by atoms with Gasteiger partial charge >= 0.3 is 0 Å². The zero-order valence-electron chi connectivity index (χ0n) is 18.3. The van der Waals surface area contributed by atoms with Gasteiger partial charge in [0.2, 0.25) is 0 Å². The highest BCUT2D eigenvalue weighted by atomic mass is 35.5. The number of aromatic amines is 1. The van der Waals surface area contributed by atoms with Gasteiger partial charge in [0.05, 0.1) is 33.0 Å². The molecule has 1 fully saturated rings. The number of carbonyl (C=O) groups excluding carboxylic acids is 1. The molecule has 4 aromatic rings. The summed E-state index contributed by atoms with van der Waals surface area (Å²) in [7, 11) is 0. The highest BCUT2D eigenvalue weighted by molar-refractivity contribution is 6.35. The number of hydrogen-bond acceptors (Lipinski definition) is 6. The predicted octanol–water partition coefficient (Wildman–Crippen LogP) is 4.77. The van der Waals surface area contributed by atoms with Gasteiger partial charge in [0.25, 0.3) is 5.91 Å². The van der Waals surface area contributed by atoms with E-state index in [1.165, 1.54) is 12.4 Å². The van der Waals surface area contributed by atoms with Crippen molar-refractivity contribution in [1.82, 2.24) is 25.0 Å². The molecule has 0 aliphatic heterocycles. The fourth-order valence-electron chi connectivity index (χ4n) is 3.77. The Kier molecular flexibility index (Phi) is 5.93. The summed E-state index contributed by atoms with van der Waals surface area (Å²) in [6.07, 6.45) is 8.20. The Labute approximate surface area is 205 Å². The highest BCUT2D eigenvalue weighted by Crippen LogP contribution is 2.38. The minimum atomic E-state index is -0.547. The minimum absolute atomic E-state index is 0.230. The van der Waals surface area contributed by atoms with Gasteiger partial charge in [-0.15, -0.1) is 0 Å². The lowest BCUT2D eigenvalue weighted by Crippen LogP contribution is -2.13. The van der Waals surface area contributed by atoms with Crippen LogP contribution in [0.15, 0.2) is 43.0 Å². The van der Waals surface area contributed by atoms with Gasteiger partial charge in [-0.2, -0.15) is 10.2 Å². The summed E-state index contributed by atoms with van der Waals surface area (Å²) in [4.78, 5) is 16.9. The van der Waals surface area contributed by atoms with Gasteiger partial charge in [0.1, 0.15) is 11.9 Å². The molecule has 0 spiro atoms. The average Bonchev–Trinajstić information content (AvgIpc) is 3.18. The summed E-state index contributed by atoms with van der Waals surface area (Å²) >= 11 is 12.5. The molecule has 3 heterocycles. The van der Waals surface area contributed by atoms with Gasteiger partial charge in [-0.05, 0) is 44.4 Å². The first-order valence-electron chi connectivity index (χ1n) is 10.8. The maximum Gasteiger partial charge on any atom is 0.276 e. The van der Waals surface area contributed by atoms with E-state index in [-0.39, 0.29) is 11.6 Å². The third-order valence-electron chi connectivity index (χ3n) is 5.88. The SMILES string of the molecule is CC(Oc1ccc2[nH]nc(C(=O)Nc3cnn(CCC4(O)CC4)c3)c2c1)c1c(Cl)cncc1Cl. The number of nitrogens with zero attached hydrogens (tertiary/aromatic N) is 4. The Balaban J connectivity index is 1.31. The standard InChI is InChI=1S/C23H22Cl2N6O3/c1-13(20-17(24)10-26-11-18(20)25)34-15-2-3-19-16(8-15)21(30-29-19)22(32)28-14-9-27-31(12-14)7-6-23(33)4-5-23/h2-3,8-13,33H,4-7H2,1H3,(H,28,32)(H,29,30). The van der Waals surface area contributed by atoms with Crippen LogP contribution in [0.2, 0.25) is 10.0 Å². The smallest absolute Gasteiger partial charge is 0.276 e. The summed E-state index contributed by atoms with van der Waals surface area (Å²) in [6, 6.07) is 5.31. The van der Waals surface area contributed by atoms with Gasteiger partial charge in [0.15, 0.2) is 5.69 Å². The molecule has 9 nitrogen and oxygen atoms in total. The van der Waals surface area contributed by atoms with Crippen molar-refractivity contribution in [3.8, 4) is 5.75 Å². The molecule has 11 heteroatoms. The van der Waals surface area contributed by atoms with E-state index in [1.807, 2.05) is 6.92 Å². The van der Waals surface area contributed by atoms with Crippen molar-refractivity contribution >= 4 is 45.7 Å². The Morgan fingerprint density at radius 2 is 2.06 bits per heavy atom. The van der Waals surface area contributed by atoms with Crippen LogP contribution < -0.4 is 10.1 Å². The molecule has 176 valence electrons. The molecule has 1 unspecified atom stereocenters. The Morgan fingerprint density at radius 3 is 2.79 bits per heavy atom. The second kappa shape index (κ2) is 8.90. The molecule has 0 radical (unpaired) electrons. The molecule has 0 bridgehead atoms. The topological polar surface area (TPSA) is 118 Å². The molecule has 1 aliphatic rings. The number of aromatic nitrogens is 5. The number of H-pyrrole nitrogens is 1. The average molecular weight is 501 g/mol. The molecule has 0 saturated heterocycles. The molecular weight excluding hydrogens is 479 g/mol. The van der Waals surface area contributed by atoms with Crippen molar-refractivity contribution in [2.24, 2.45) is 0 Å². The third kappa shape index (κ3) is 4.72. The molecule has 1 saturated carbocycles. The Morgan fingerprint density at radius 1 is 1.29 bits per heavy atom. The summed E-state index contributed by atoms with van der Waals surface area (Å²) in [5.74, 6) is 0.155. The van der Waals surface area contributed by atoms with Gasteiger partial charge in [-0.1, -0.05) is 23.2 Å². The van der Waals surface area contributed by atoms with E-state index in [1.54, 1.807) is 35.3 Å². The number of aryl methyl sites for hydroxylation is 1. The largest absolute Gasteiger partial charge is 0.486 e. The number of pyridine rings is 1. The minimum Gasteiger partial charge on any atom is -0.486 e. The van der Waals surface area contributed by atoms with Gasteiger partial charge < -0.3 is 15.2 Å². The summed E-state index contributed by atoms with van der Waals surface area (Å²) in [5, 5.41) is 25.5. The lowest BCUT2D eigenvalue weighted by Gasteiger charge is -2.17. The zero-order chi connectivity index (χ0) is 23.9. The lowest BCUT2D eigenvalue weighted by molar-refractivity contribution is 0.102. The van der Waals surface area contributed by atoms with Crippen LogP contribution >= 0.6 is 23.2 Å². The van der Waals surface area contributed by atoms with Crippen molar-refractivity contribution in [2.75, 3.05) is 5.32 Å². The van der Waals surface area contributed by atoms with Crippen LogP contribution in [-0.4, -0.2) is 41.6 Å². The van der Waals surface area contributed by atoms with E-state index in [2.05, 4.69) is 25.6 Å². The van der Waals surface area contributed by atoms with Crippen molar-refractivity contribution in [3.63, 3.8) is 0 Å². The van der Waals surface area contributed by atoms with Crippen molar-refractivity contribution in [3.05, 3.63) is 64.3 Å². The lowest BCUT2D eigenvalue weighted by atomic mass is 10.1. The highest BCUT2D eigenvalue weighted by Gasteiger charge is 2.39. The number of ether oxygens (including phenoxy) is 1. The number of nitrogens with one attached hydrogen (secondary N) is 2. The number of halogens is 2. The summed E-state index contributed by atoms with van der Waals surface area (Å²) in [6.45, 7) is 2.42. The molecule has 1 atom stereocenters. The summed E-state index contributed by atoms with van der Waals surface area (Å²) in [5.41, 5.74) is 1.56. The molecule has 1 aliphatic carbocycles. The molecular formula is C23H22Cl2N6O3. The number of aliphatic hydroxyl groups is 1. The van der Waals surface area contributed by atoms with E-state index in [0.717, 1.165) is 12.8 Å². The second-order valence-electron chi connectivity index (χ2n) is 8.48. The Bertz CT molecular complexity index is 1340. The predicted molar refractivity (Wildman–Crippen MR) is 128 cm³/mol. The van der Waals surface area contributed by atoms with Crippen LogP contribution in [0.4, 0.5) is 5.69 Å². The third-order valence-corrected chi connectivity index (χ3v) is 6.49. The molecule has 5 rings (SSSR count). The molecule has 1 amide bonds. The normalized spacial score (nSPS) is 15.3. The quantitative estimate of drug-likeness (QED) is 0.320. The van der Waals surface area contributed by atoms with Crippen molar-refractivity contribution in [2.45, 2.75) is 44.4 Å². The molecule has 34 heavy (non-hydrogen) atoms. The molecule has 3 aromatic heterocycles. The van der Waals surface area contributed by atoms with E-state index >= 15 is 0 Å². The monoisotopic (exact) mass is 500 g/mol. The first-order valence-corrected chi connectivity index (χ1v) is 11.6. The van der Waals surface area contributed by atoms with Gasteiger partial charge in [-0.25, -0.2) is 0 Å². The number of fused-ring (bicyclic) bond motifs is 1. The van der Waals surface area contributed by atoms with Crippen LogP contribution in [0.25, 0.3) is 10.9 Å². The molecule has 3 N–H and O–H groups in total. The molecule has 1 aromatic carbocycles. The number of amides is 1. The van der Waals surface area contributed by atoms with Crippen LogP contribution in [-0.2, 0) is 6.54 Å². The van der Waals surface area contributed by atoms with E-state index in [0.29, 0.717) is 50.9 Å². The summed E-state index contributed by atoms with van der Waals surface area (Å²) < 4.78 is 7.76. The van der Waals surface area contributed by atoms with Crippen LogP contribution in [0, 0.1) is 0 Å².